The number of pyridine rings is 1. The third-order valence-electron chi connectivity index (χ3n) is 3.74. The second-order valence-corrected chi connectivity index (χ2v) is 5.06. The van der Waals surface area contributed by atoms with Gasteiger partial charge in [-0.1, -0.05) is 19.1 Å². The molecule has 0 bridgehead atoms. The average molecular weight is 253 g/mol. The first-order valence-corrected chi connectivity index (χ1v) is 6.95. The molecule has 0 saturated carbocycles. The molecule has 1 aromatic heterocycles. The summed E-state index contributed by atoms with van der Waals surface area (Å²) in [5, 5.41) is 1.29. The summed E-state index contributed by atoms with van der Waals surface area (Å²) in [5.41, 5.74) is 6.31. The third-order valence-corrected chi connectivity index (χ3v) is 3.74. The zero-order chi connectivity index (χ0) is 13.2. The van der Waals surface area contributed by atoms with Crippen molar-refractivity contribution in [3.8, 4) is 0 Å². The van der Waals surface area contributed by atoms with E-state index in [1.54, 1.807) is 0 Å². The van der Waals surface area contributed by atoms with Crippen LogP contribution in [0.15, 0.2) is 30.3 Å². The van der Waals surface area contributed by atoms with Gasteiger partial charge in [-0.15, -0.1) is 0 Å². The lowest BCUT2D eigenvalue weighted by atomic mass is 9.97. The largest absolute Gasteiger partial charge is 0.377 e. The molecule has 0 aliphatic carbocycles. The monoisotopic (exact) mass is 253 g/mol. The van der Waals surface area contributed by atoms with E-state index in [0.717, 1.165) is 37.3 Å². The van der Waals surface area contributed by atoms with Gasteiger partial charge in [-0.3, -0.25) is 4.98 Å². The molecule has 0 fully saturated rings. The number of ether oxygens (including phenoxy) is 1. The molecule has 0 atom stereocenters. The summed E-state index contributed by atoms with van der Waals surface area (Å²) in [5.74, 6) is 0. The molecule has 1 aromatic carbocycles. The summed E-state index contributed by atoms with van der Waals surface area (Å²) in [7, 11) is 0. The SMILES string of the molecule is CCc1cc(C)nc2ccc(C3=CCOCC3)cc12. The van der Waals surface area contributed by atoms with E-state index < -0.39 is 0 Å². The number of aryl methyl sites for hydroxylation is 2. The molecule has 0 radical (unpaired) electrons. The second-order valence-electron chi connectivity index (χ2n) is 5.06. The molecule has 3 rings (SSSR count). The van der Waals surface area contributed by atoms with Gasteiger partial charge in [0.2, 0.25) is 0 Å². The Morgan fingerprint density at radius 3 is 2.89 bits per heavy atom. The van der Waals surface area contributed by atoms with E-state index in [9.17, 15) is 0 Å². The molecule has 0 unspecified atom stereocenters. The van der Waals surface area contributed by atoms with Crippen LogP contribution in [0.4, 0.5) is 0 Å². The Hall–Kier alpha value is -1.67. The zero-order valence-corrected chi connectivity index (χ0v) is 11.6. The number of rotatable bonds is 2. The molecule has 2 heteroatoms. The molecule has 98 valence electrons. The molecule has 0 spiro atoms. The molecule has 2 aromatic rings. The number of benzene rings is 1. The summed E-state index contributed by atoms with van der Waals surface area (Å²) >= 11 is 0. The highest BCUT2D eigenvalue weighted by Crippen LogP contribution is 2.27. The van der Waals surface area contributed by atoms with Crippen LogP contribution in [-0.2, 0) is 11.2 Å². The van der Waals surface area contributed by atoms with E-state index in [2.05, 4.69) is 49.2 Å². The van der Waals surface area contributed by atoms with E-state index >= 15 is 0 Å². The first kappa shape index (κ1) is 12.4. The van der Waals surface area contributed by atoms with Gasteiger partial charge in [0, 0.05) is 11.1 Å². The van der Waals surface area contributed by atoms with Crippen molar-refractivity contribution in [2.45, 2.75) is 26.7 Å². The van der Waals surface area contributed by atoms with Gasteiger partial charge in [0.05, 0.1) is 18.7 Å². The summed E-state index contributed by atoms with van der Waals surface area (Å²) in [6, 6.07) is 8.82. The zero-order valence-electron chi connectivity index (χ0n) is 11.6. The number of hydrogen-bond acceptors (Lipinski definition) is 2. The highest BCUT2D eigenvalue weighted by molar-refractivity contribution is 5.86. The van der Waals surface area contributed by atoms with Gasteiger partial charge in [-0.05, 0) is 54.7 Å². The Morgan fingerprint density at radius 2 is 2.16 bits per heavy atom. The highest BCUT2D eigenvalue weighted by atomic mass is 16.5. The maximum Gasteiger partial charge on any atom is 0.0708 e. The van der Waals surface area contributed by atoms with Crippen LogP contribution in [0.2, 0.25) is 0 Å². The molecule has 0 N–H and O–H groups in total. The molecule has 2 nitrogen and oxygen atoms in total. The quantitative estimate of drug-likeness (QED) is 0.809. The van der Waals surface area contributed by atoms with Crippen LogP contribution in [0.5, 0.6) is 0 Å². The van der Waals surface area contributed by atoms with E-state index in [1.807, 2.05) is 0 Å². The fourth-order valence-electron chi connectivity index (χ4n) is 2.72. The first-order chi connectivity index (χ1) is 9.28. The highest BCUT2D eigenvalue weighted by Gasteiger charge is 2.09. The molecule has 1 aliphatic rings. The van der Waals surface area contributed by atoms with Crippen LogP contribution < -0.4 is 0 Å². The third kappa shape index (κ3) is 2.41. The molecule has 0 amide bonds. The predicted octanol–water partition coefficient (Wildman–Crippen LogP) is 3.91. The average Bonchev–Trinajstić information content (AvgIpc) is 2.46. The summed E-state index contributed by atoms with van der Waals surface area (Å²) in [6.07, 6.45) is 4.25. The van der Waals surface area contributed by atoms with Crippen LogP contribution in [0, 0.1) is 6.92 Å². The van der Waals surface area contributed by atoms with E-state index in [0.29, 0.717) is 0 Å². The van der Waals surface area contributed by atoms with Gasteiger partial charge in [0.15, 0.2) is 0 Å². The number of aromatic nitrogens is 1. The number of nitrogens with zero attached hydrogens (tertiary/aromatic N) is 1. The van der Waals surface area contributed by atoms with Crippen LogP contribution in [-0.4, -0.2) is 18.2 Å². The second kappa shape index (κ2) is 5.14. The molecule has 1 aliphatic heterocycles. The van der Waals surface area contributed by atoms with Gasteiger partial charge < -0.3 is 4.74 Å². The van der Waals surface area contributed by atoms with Crippen LogP contribution in [0.3, 0.4) is 0 Å². The van der Waals surface area contributed by atoms with Gasteiger partial charge >= 0.3 is 0 Å². The summed E-state index contributed by atoms with van der Waals surface area (Å²) < 4.78 is 5.38. The van der Waals surface area contributed by atoms with Crippen LogP contribution >= 0.6 is 0 Å². The van der Waals surface area contributed by atoms with E-state index in [-0.39, 0.29) is 0 Å². The normalized spacial score (nSPS) is 15.6. The minimum absolute atomic E-state index is 0.736. The topological polar surface area (TPSA) is 22.1 Å². The Labute approximate surface area is 114 Å². The number of hydrogen-bond donors (Lipinski definition) is 0. The first-order valence-electron chi connectivity index (χ1n) is 6.95. The van der Waals surface area contributed by atoms with Crippen LogP contribution in [0.1, 0.15) is 30.2 Å². The van der Waals surface area contributed by atoms with Crippen molar-refractivity contribution in [3.05, 3.63) is 47.2 Å². The van der Waals surface area contributed by atoms with Crippen molar-refractivity contribution in [1.29, 1.82) is 0 Å². The molecular formula is C17H19NO. The summed E-state index contributed by atoms with van der Waals surface area (Å²) in [6.45, 7) is 5.83. The Morgan fingerprint density at radius 1 is 1.26 bits per heavy atom. The maximum atomic E-state index is 5.38. The van der Waals surface area contributed by atoms with Crippen molar-refractivity contribution in [1.82, 2.24) is 4.98 Å². The van der Waals surface area contributed by atoms with Crippen molar-refractivity contribution in [2.24, 2.45) is 0 Å². The lowest BCUT2D eigenvalue weighted by Crippen LogP contribution is -2.03. The fourth-order valence-corrected chi connectivity index (χ4v) is 2.72. The Kier molecular flexibility index (Phi) is 3.34. The molecular weight excluding hydrogens is 234 g/mol. The van der Waals surface area contributed by atoms with Crippen molar-refractivity contribution in [2.75, 3.05) is 13.2 Å². The fraction of sp³-hybridized carbons (Fsp3) is 0.353. The minimum Gasteiger partial charge on any atom is -0.377 e. The molecule has 19 heavy (non-hydrogen) atoms. The predicted molar refractivity (Wildman–Crippen MR) is 79.3 cm³/mol. The van der Waals surface area contributed by atoms with Gasteiger partial charge in [-0.25, -0.2) is 0 Å². The Bertz CT molecular complexity index is 643. The van der Waals surface area contributed by atoms with Gasteiger partial charge in [0.25, 0.3) is 0 Å². The lowest BCUT2D eigenvalue weighted by Gasteiger charge is -2.15. The maximum absolute atomic E-state index is 5.38. The Balaban J connectivity index is 2.14. The van der Waals surface area contributed by atoms with Crippen molar-refractivity contribution >= 4 is 16.5 Å². The summed E-state index contributed by atoms with van der Waals surface area (Å²) in [4.78, 5) is 4.63. The van der Waals surface area contributed by atoms with Crippen molar-refractivity contribution in [3.63, 3.8) is 0 Å². The minimum atomic E-state index is 0.736. The standard InChI is InChI=1S/C17H19NO/c1-3-13-10-12(2)18-17-5-4-15(11-16(13)17)14-6-8-19-9-7-14/h4-6,10-11H,3,7-9H2,1-2H3. The van der Waals surface area contributed by atoms with Crippen LogP contribution in [0.25, 0.3) is 16.5 Å². The lowest BCUT2D eigenvalue weighted by molar-refractivity contribution is 0.161. The number of fused-ring (bicyclic) bond motifs is 1. The van der Waals surface area contributed by atoms with Crippen molar-refractivity contribution < 1.29 is 4.74 Å². The van der Waals surface area contributed by atoms with Gasteiger partial charge in [-0.2, -0.15) is 0 Å². The van der Waals surface area contributed by atoms with E-state index in [4.69, 9.17) is 4.74 Å². The van der Waals surface area contributed by atoms with E-state index in [1.165, 1.54) is 22.1 Å². The molecule has 0 saturated heterocycles. The van der Waals surface area contributed by atoms with Gasteiger partial charge in [0.1, 0.15) is 0 Å². The smallest absolute Gasteiger partial charge is 0.0708 e. The molecule has 2 heterocycles.